The lowest BCUT2D eigenvalue weighted by Gasteiger charge is -2.03. The van der Waals surface area contributed by atoms with Gasteiger partial charge in [0, 0.05) is 11.1 Å². The van der Waals surface area contributed by atoms with Crippen LogP contribution >= 0.6 is 11.3 Å². The number of pyridine rings is 1. The van der Waals surface area contributed by atoms with Gasteiger partial charge in [-0.05, 0) is 23.6 Å². The number of nitrogens with zero attached hydrogens (tertiary/aromatic N) is 1. The van der Waals surface area contributed by atoms with Crippen molar-refractivity contribution < 1.29 is 9.53 Å². The number of aromatic nitrogens is 1. The molecule has 0 spiro atoms. The third-order valence-corrected chi connectivity index (χ3v) is 3.14. The molecule has 0 unspecified atom stereocenters. The van der Waals surface area contributed by atoms with Crippen LogP contribution in [-0.2, 0) is 18.0 Å². The van der Waals surface area contributed by atoms with Crippen LogP contribution in [0.15, 0.2) is 35.8 Å². The van der Waals surface area contributed by atoms with Crippen molar-refractivity contribution in [2.45, 2.75) is 13.2 Å². The predicted molar refractivity (Wildman–Crippen MR) is 68.7 cm³/mol. The Hall–Kier alpha value is -1.76. The highest BCUT2D eigenvalue weighted by Gasteiger charge is 2.03. The second-order valence-electron chi connectivity index (χ2n) is 3.58. The third kappa shape index (κ3) is 3.36. The fourth-order valence-electron chi connectivity index (χ4n) is 1.38. The minimum Gasteiger partial charge on any atom is -0.370 e. The summed E-state index contributed by atoms with van der Waals surface area (Å²) in [6.45, 7) is 0.993. The molecule has 2 heterocycles. The molecule has 0 atom stereocenters. The van der Waals surface area contributed by atoms with Gasteiger partial charge in [0.05, 0.1) is 24.5 Å². The summed E-state index contributed by atoms with van der Waals surface area (Å²) < 4.78 is 5.51. The minimum absolute atomic E-state index is 0.353. The van der Waals surface area contributed by atoms with Crippen molar-refractivity contribution in [3.63, 3.8) is 0 Å². The molecule has 94 valence electrons. The highest BCUT2D eigenvalue weighted by Crippen LogP contribution is 2.11. The lowest BCUT2D eigenvalue weighted by Crippen LogP contribution is -2.30. The Morgan fingerprint density at radius 2 is 2.28 bits per heavy atom. The van der Waals surface area contributed by atoms with Gasteiger partial charge in [-0.3, -0.25) is 15.2 Å². The Bertz CT molecular complexity index is 497. The van der Waals surface area contributed by atoms with E-state index in [2.05, 4.69) is 10.4 Å². The number of nitrogen functional groups attached to an aromatic ring is 1. The van der Waals surface area contributed by atoms with Crippen molar-refractivity contribution >= 4 is 17.2 Å². The third-order valence-electron chi connectivity index (χ3n) is 2.29. The van der Waals surface area contributed by atoms with Crippen molar-refractivity contribution in [1.29, 1.82) is 0 Å². The lowest BCUT2D eigenvalue weighted by atomic mass is 10.2. The molecule has 3 N–H and O–H groups in total. The molecule has 5 nitrogen and oxygen atoms in total. The SMILES string of the molecule is NNC(=O)c1ccc(COCc2cccs2)nc1. The molecule has 0 aliphatic rings. The van der Waals surface area contributed by atoms with Crippen molar-refractivity contribution in [3.8, 4) is 0 Å². The highest BCUT2D eigenvalue weighted by molar-refractivity contribution is 7.09. The molecule has 18 heavy (non-hydrogen) atoms. The van der Waals surface area contributed by atoms with E-state index in [1.807, 2.05) is 17.5 Å². The van der Waals surface area contributed by atoms with E-state index in [1.54, 1.807) is 23.5 Å². The van der Waals surface area contributed by atoms with Crippen molar-refractivity contribution in [1.82, 2.24) is 10.4 Å². The topological polar surface area (TPSA) is 77.2 Å². The molecule has 0 saturated carbocycles. The van der Waals surface area contributed by atoms with Gasteiger partial charge in [-0.25, -0.2) is 5.84 Å². The van der Waals surface area contributed by atoms with Gasteiger partial charge in [-0.1, -0.05) is 6.07 Å². The van der Waals surface area contributed by atoms with E-state index in [-0.39, 0.29) is 5.91 Å². The number of nitrogens with two attached hydrogens (primary N) is 1. The number of hydrogen-bond acceptors (Lipinski definition) is 5. The summed E-state index contributed by atoms with van der Waals surface area (Å²) in [5, 5.41) is 2.01. The lowest BCUT2D eigenvalue weighted by molar-refractivity contribution is 0.0952. The molecular formula is C12H13N3O2S. The molecular weight excluding hydrogens is 250 g/mol. The van der Waals surface area contributed by atoms with Crippen LogP contribution in [0.3, 0.4) is 0 Å². The molecule has 2 rings (SSSR count). The standard InChI is InChI=1S/C12H13N3O2S/c13-15-12(16)9-3-4-10(14-6-9)7-17-8-11-2-1-5-18-11/h1-6H,7-8,13H2,(H,15,16). The van der Waals surface area contributed by atoms with Crippen molar-refractivity contribution in [2.75, 3.05) is 0 Å². The second-order valence-corrected chi connectivity index (χ2v) is 4.62. The van der Waals surface area contributed by atoms with Gasteiger partial charge in [-0.2, -0.15) is 0 Å². The molecule has 0 bridgehead atoms. The van der Waals surface area contributed by atoms with Crippen LogP contribution in [0, 0.1) is 0 Å². The minimum atomic E-state index is -0.353. The van der Waals surface area contributed by atoms with Crippen molar-refractivity contribution in [3.05, 3.63) is 52.0 Å². The van der Waals surface area contributed by atoms with E-state index in [0.29, 0.717) is 18.8 Å². The van der Waals surface area contributed by atoms with Crippen LogP contribution in [0.25, 0.3) is 0 Å². The zero-order valence-corrected chi connectivity index (χ0v) is 10.4. The summed E-state index contributed by atoms with van der Waals surface area (Å²) >= 11 is 1.66. The van der Waals surface area contributed by atoms with Crippen LogP contribution in [0.1, 0.15) is 20.9 Å². The van der Waals surface area contributed by atoms with Gasteiger partial charge >= 0.3 is 0 Å². The molecule has 1 amide bonds. The summed E-state index contributed by atoms with van der Waals surface area (Å²) in [6, 6.07) is 7.42. The van der Waals surface area contributed by atoms with Crippen LogP contribution in [0.2, 0.25) is 0 Å². The summed E-state index contributed by atoms with van der Waals surface area (Å²) in [5.41, 5.74) is 3.26. The molecule has 0 saturated heterocycles. The first-order chi connectivity index (χ1) is 8.79. The first kappa shape index (κ1) is 12.7. The van der Waals surface area contributed by atoms with Crippen LogP contribution < -0.4 is 11.3 Å². The number of hydrazine groups is 1. The smallest absolute Gasteiger partial charge is 0.266 e. The van der Waals surface area contributed by atoms with Crippen LogP contribution in [0.5, 0.6) is 0 Å². The van der Waals surface area contributed by atoms with Crippen LogP contribution in [-0.4, -0.2) is 10.9 Å². The number of amides is 1. The maximum absolute atomic E-state index is 11.2. The Morgan fingerprint density at radius 1 is 1.39 bits per heavy atom. The van der Waals surface area contributed by atoms with Gasteiger partial charge in [0.2, 0.25) is 0 Å². The predicted octanol–water partition coefficient (Wildman–Crippen LogP) is 1.46. The normalized spacial score (nSPS) is 10.3. The summed E-state index contributed by atoms with van der Waals surface area (Å²) in [7, 11) is 0. The van der Waals surface area contributed by atoms with Gasteiger partial charge in [-0.15, -0.1) is 11.3 Å². The van der Waals surface area contributed by atoms with E-state index >= 15 is 0 Å². The highest BCUT2D eigenvalue weighted by atomic mass is 32.1. The number of thiophene rings is 1. The number of carbonyl (C=O) groups excluding carboxylic acids is 1. The number of carbonyl (C=O) groups is 1. The fourth-order valence-corrected chi connectivity index (χ4v) is 2.02. The van der Waals surface area contributed by atoms with E-state index in [1.165, 1.54) is 11.1 Å². The number of hydrogen-bond donors (Lipinski definition) is 2. The fraction of sp³-hybridized carbons (Fsp3) is 0.167. The molecule has 2 aromatic heterocycles. The number of nitrogens with one attached hydrogen (secondary N) is 1. The van der Waals surface area contributed by atoms with Gasteiger partial charge < -0.3 is 4.74 Å². The average Bonchev–Trinajstić information content (AvgIpc) is 2.92. The number of rotatable bonds is 5. The first-order valence-corrected chi connectivity index (χ1v) is 6.23. The summed E-state index contributed by atoms with van der Waals surface area (Å²) in [4.78, 5) is 16.5. The molecule has 0 aromatic carbocycles. The molecule has 0 aliphatic heterocycles. The first-order valence-electron chi connectivity index (χ1n) is 5.35. The zero-order valence-electron chi connectivity index (χ0n) is 9.63. The van der Waals surface area contributed by atoms with E-state index in [9.17, 15) is 4.79 Å². The molecule has 0 fully saturated rings. The maximum atomic E-state index is 11.2. The zero-order chi connectivity index (χ0) is 12.8. The van der Waals surface area contributed by atoms with E-state index in [4.69, 9.17) is 10.6 Å². The van der Waals surface area contributed by atoms with E-state index < -0.39 is 0 Å². The Labute approximate surface area is 109 Å². The average molecular weight is 263 g/mol. The van der Waals surface area contributed by atoms with Gasteiger partial charge in [0.15, 0.2) is 0 Å². The largest absolute Gasteiger partial charge is 0.370 e. The quantitative estimate of drug-likeness (QED) is 0.486. The van der Waals surface area contributed by atoms with Crippen LogP contribution in [0.4, 0.5) is 0 Å². The second kappa shape index (κ2) is 6.25. The Morgan fingerprint density at radius 3 is 2.89 bits per heavy atom. The summed E-state index contributed by atoms with van der Waals surface area (Å²) in [5.74, 6) is 4.67. The van der Waals surface area contributed by atoms with Gasteiger partial charge in [0.25, 0.3) is 5.91 Å². The molecule has 0 aliphatic carbocycles. The molecule has 2 aromatic rings. The van der Waals surface area contributed by atoms with E-state index in [0.717, 1.165) is 5.69 Å². The maximum Gasteiger partial charge on any atom is 0.266 e. The molecule has 0 radical (unpaired) electrons. The molecule has 6 heteroatoms. The van der Waals surface area contributed by atoms with Crippen molar-refractivity contribution in [2.24, 2.45) is 5.84 Å². The number of ether oxygens (including phenoxy) is 1. The summed E-state index contributed by atoms with van der Waals surface area (Å²) in [6.07, 6.45) is 1.48. The monoisotopic (exact) mass is 263 g/mol. The Kier molecular flexibility index (Phi) is 4.40. The van der Waals surface area contributed by atoms with Gasteiger partial charge in [0.1, 0.15) is 0 Å². The Balaban J connectivity index is 1.85.